The van der Waals surface area contributed by atoms with E-state index in [9.17, 15) is 4.79 Å². The van der Waals surface area contributed by atoms with Gasteiger partial charge in [-0.1, -0.05) is 23.6 Å². The first-order valence-corrected chi connectivity index (χ1v) is 10.8. The van der Waals surface area contributed by atoms with Crippen molar-refractivity contribution in [3.63, 3.8) is 0 Å². The lowest BCUT2D eigenvalue weighted by atomic mass is 10.2. The monoisotopic (exact) mass is 518 g/mol. The van der Waals surface area contributed by atoms with Crippen molar-refractivity contribution in [2.45, 2.75) is 13.8 Å². The molecule has 0 unspecified atom stereocenters. The number of hydrogen-bond donors (Lipinski definition) is 1. The van der Waals surface area contributed by atoms with Gasteiger partial charge in [-0.2, -0.15) is 0 Å². The number of carbonyl (C=O) groups excluding carboxylic acids is 1. The second-order valence-electron chi connectivity index (χ2n) is 6.07. The predicted molar refractivity (Wildman–Crippen MR) is 127 cm³/mol. The van der Waals surface area contributed by atoms with Crippen LogP contribution in [0, 0.1) is 22.8 Å². The molecule has 5 nitrogen and oxygen atoms in total. The summed E-state index contributed by atoms with van der Waals surface area (Å²) < 4.78 is 12.2. The van der Waals surface area contributed by atoms with Crippen molar-refractivity contribution in [2.75, 3.05) is 13.2 Å². The molecule has 1 amide bonds. The highest BCUT2D eigenvalue weighted by molar-refractivity contribution is 14.1. The van der Waals surface area contributed by atoms with Gasteiger partial charge in [0.1, 0.15) is 6.61 Å². The molecule has 1 saturated heterocycles. The van der Waals surface area contributed by atoms with E-state index in [4.69, 9.17) is 15.9 Å². The summed E-state index contributed by atoms with van der Waals surface area (Å²) in [5, 5.41) is 3.36. The molecule has 29 heavy (non-hydrogen) atoms. The maximum absolute atomic E-state index is 12.4. The Bertz CT molecular complexity index is 1020. The van der Waals surface area contributed by atoms with Crippen molar-refractivity contribution in [2.24, 2.45) is 4.99 Å². The Morgan fingerprint density at radius 2 is 2.03 bits per heavy atom. The fourth-order valence-electron chi connectivity index (χ4n) is 2.56. The van der Waals surface area contributed by atoms with Gasteiger partial charge in [0.15, 0.2) is 16.7 Å². The number of terminal acetylenes is 1. The van der Waals surface area contributed by atoms with Crippen LogP contribution in [0.3, 0.4) is 0 Å². The first kappa shape index (κ1) is 21.3. The number of aliphatic imine (C=N–C) groups is 1. The topological polar surface area (TPSA) is 59.9 Å². The molecule has 1 N–H and O–H groups in total. The summed E-state index contributed by atoms with van der Waals surface area (Å²) in [6.45, 7) is 4.57. The smallest absolute Gasteiger partial charge is 0.264 e. The predicted octanol–water partition coefficient (Wildman–Crippen LogP) is 4.90. The van der Waals surface area contributed by atoms with Crippen molar-refractivity contribution in [3.8, 4) is 23.8 Å². The molecule has 0 aliphatic carbocycles. The van der Waals surface area contributed by atoms with E-state index in [-0.39, 0.29) is 12.5 Å². The molecule has 1 heterocycles. The Morgan fingerprint density at radius 3 is 2.72 bits per heavy atom. The van der Waals surface area contributed by atoms with E-state index in [1.54, 1.807) is 0 Å². The van der Waals surface area contributed by atoms with Crippen molar-refractivity contribution in [3.05, 3.63) is 56.0 Å². The van der Waals surface area contributed by atoms with Gasteiger partial charge < -0.3 is 14.8 Å². The summed E-state index contributed by atoms with van der Waals surface area (Å²) >= 11 is 3.48. The van der Waals surface area contributed by atoms with Crippen LogP contribution in [0.4, 0.5) is 5.69 Å². The van der Waals surface area contributed by atoms with E-state index in [2.05, 4.69) is 38.8 Å². The molecule has 148 valence electrons. The Morgan fingerprint density at radius 1 is 1.28 bits per heavy atom. The Hall–Kier alpha value is -2.44. The molecule has 0 atom stereocenters. The van der Waals surface area contributed by atoms with E-state index >= 15 is 0 Å². The Labute approximate surface area is 188 Å². The minimum absolute atomic E-state index is 0.160. The number of amides is 1. The largest absolute Gasteiger partial charge is 0.490 e. The van der Waals surface area contributed by atoms with E-state index in [1.165, 1.54) is 11.8 Å². The van der Waals surface area contributed by atoms with E-state index < -0.39 is 0 Å². The van der Waals surface area contributed by atoms with Gasteiger partial charge in [-0.05, 0) is 84.1 Å². The second-order valence-corrected chi connectivity index (χ2v) is 8.27. The van der Waals surface area contributed by atoms with E-state index in [0.29, 0.717) is 28.2 Å². The van der Waals surface area contributed by atoms with Crippen LogP contribution in [0.5, 0.6) is 11.5 Å². The second kappa shape index (κ2) is 9.85. The molecule has 3 rings (SSSR count). The van der Waals surface area contributed by atoms with Gasteiger partial charge in [-0.15, -0.1) is 6.42 Å². The highest BCUT2D eigenvalue weighted by atomic mass is 127. The zero-order chi connectivity index (χ0) is 20.8. The molecule has 0 spiro atoms. The first-order chi connectivity index (χ1) is 14.0. The maximum atomic E-state index is 12.4. The van der Waals surface area contributed by atoms with Gasteiger partial charge in [0.2, 0.25) is 0 Å². The maximum Gasteiger partial charge on any atom is 0.264 e. The molecule has 1 aliphatic rings. The molecule has 1 fully saturated rings. The number of thioether (sulfide) groups is 1. The van der Waals surface area contributed by atoms with Crippen LogP contribution in [0.15, 0.2) is 46.3 Å². The van der Waals surface area contributed by atoms with Gasteiger partial charge in [0, 0.05) is 0 Å². The average molecular weight is 518 g/mol. The van der Waals surface area contributed by atoms with Crippen LogP contribution in [0.25, 0.3) is 6.08 Å². The average Bonchev–Trinajstić information content (AvgIpc) is 3.02. The molecular formula is C22H19IN2O3S. The van der Waals surface area contributed by atoms with Crippen LogP contribution >= 0.6 is 34.4 Å². The van der Waals surface area contributed by atoms with Crippen LogP contribution in [0.1, 0.15) is 18.1 Å². The van der Waals surface area contributed by atoms with Crippen LogP contribution in [0.2, 0.25) is 0 Å². The zero-order valence-corrected chi connectivity index (χ0v) is 19.0. The first-order valence-electron chi connectivity index (χ1n) is 8.89. The lowest BCUT2D eigenvalue weighted by Gasteiger charge is -2.13. The van der Waals surface area contributed by atoms with E-state index in [0.717, 1.165) is 20.4 Å². The van der Waals surface area contributed by atoms with Crippen molar-refractivity contribution >= 4 is 57.2 Å². The summed E-state index contributed by atoms with van der Waals surface area (Å²) in [4.78, 5) is 17.4. The van der Waals surface area contributed by atoms with Crippen LogP contribution in [-0.4, -0.2) is 24.3 Å². The number of aryl methyl sites for hydroxylation is 1. The normalized spacial score (nSPS) is 16.0. The van der Waals surface area contributed by atoms with Crippen molar-refractivity contribution in [1.29, 1.82) is 0 Å². The number of hydrogen-bond acceptors (Lipinski definition) is 5. The van der Waals surface area contributed by atoms with Crippen molar-refractivity contribution in [1.82, 2.24) is 5.32 Å². The number of nitrogens with one attached hydrogen (secondary N) is 1. The number of ether oxygens (including phenoxy) is 2. The molecule has 0 bridgehead atoms. The number of benzene rings is 2. The number of rotatable bonds is 6. The molecule has 0 saturated carbocycles. The minimum atomic E-state index is -0.179. The summed E-state index contributed by atoms with van der Waals surface area (Å²) in [6.07, 6.45) is 7.11. The summed E-state index contributed by atoms with van der Waals surface area (Å²) in [6, 6.07) is 11.6. The fraction of sp³-hybridized carbons (Fsp3) is 0.182. The highest BCUT2D eigenvalue weighted by Crippen LogP contribution is 2.36. The third-order valence-corrected chi connectivity index (χ3v) is 5.56. The Kier molecular flexibility index (Phi) is 7.23. The molecule has 7 heteroatoms. The molecule has 0 radical (unpaired) electrons. The number of nitrogens with zero attached hydrogens (tertiary/aromatic N) is 1. The van der Waals surface area contributed by atoms with Crippen molar-refractivity contribution < 1.29 is 14.3 Å². The third kappa shape index (κ3) is 5.55. The minimum Gasteiger partial charge on any atom is -0.490 e. The van der Waals surface area contributed by atoms with Gasteiger partial charge in [0.25, 0.3) is 5.91 Å². The lowest BCUT2D eigenvalue weighted by Crippen LogP contribution is -2.19. The zero-order valence-electron chi connectivity index (χ0n) is 16.0. The standard InChI is InChI=1S/C22H19IN2O3S/c1-4-10-28-20-17(23)11-15(12-18(20)27-5-2)13-19-21(26)25-22(29-19)24-16-8-6-14(3)7-9-16/h1,6-9,11-13H,5,10H2,2-3H3,(H,24,25,26)/b19-13-. The molecule has 2 aromatic rings. The highest BCUT2D eigenvalue weighted by Gasteiger charge is 2.24. The van der Waals surface area contributed by atoms with E-state index in [1.807, 2.05) is 56.3 Å². The summed E-state index contributed by atoms with van der Waals surface area (Å²) in [7, 11) is 0. The van der Waals surface area contributed by atoms with Crippen LogP contribution in [-0.2, 0) is 4.79 Å². The third-order valence-electron chi connectivity index (χ3n) is 3.84. The van der Waals surface area contributed by atoms with Gasteiger partial charge >= 0.3 is 0 Å². The lowest BCUT2D eigenvalue weighted by molar-refractivity contribution is -0.115. The summed E-state index contributed by atoms with van der Waals surface area (Å²) in [5.74, 6) is 3.48. The Balaban J connectivity index is 1.86. The van der Waals surface area contributed by atoms with Gasteiger partial charge in [0.05, 0.1) is 20.8 Å². The number of halogens is 1. The molecule has 0 aromatic heterocycles. The quantitative estimate of drug-likeness (QED) is 0.336. The molecule has 2 aromatic carbocycles. The molecular weight excluding hydrogens is 499 g/mol. The van der Waals surface area contributed by atoms with Gasteiger partial charge in [-0.3, -0.25) is 4.79 Å². The van der Waals surface area contributed by atoms with Crippen LogP contribution < -0.4 is 14.8 Å². The fourth-order valence-corrected chi connectivity index (χ4v) is 4.18. The number of amidine groups is 1. The summed E-state index contributed by atoms with van der Waals surface area (Å²) in [5.41, 5.74) is 2.79. The van der Waals surface area contributed by atoms with Gasteiger partial charge in [-0.25, -0.2) is 4.99 Å². The molecule has 1 aliphatic heterocycles. The SMILES string of the molecule is C#CCOc1c(I)cc(/C=C2\SC(=Nc3ccc(C)cc3)NC2=O)cc1OCC. The number of carbonyl (C=O) groups is 1.